The Balaban J connectivity index is 0.000000480. The number of aliphatic carboxylic acids is 2. The fraction of sp³-hybridized carbons (Fsp3) is 0.222. The van der Waals surface area contributed by atoms with Gasteiger partial charge in [0.25, 0.3) is 5.91 Å². The number of benzene rings is 2. The van der Waals surface area contributed by atoms with Crippen LogP contribution in [0.25, 0.3) is 11.2 Å². The van der Waals surface area contributed by atoms with Crippen LogP contribution < -0.4 is 0 Å². The Labute approximate surface area is 217 Å². The summed E-state index contributed by atoms with van der Waals surface area (Å²) in [4.78, 5) is 42.1. The molecule has 2 aromatic carbocycles. The number of hydrogen-bond acceptors (Lipinski definition) is 6. The number of aromatic nitrogens is 3. The van der Waals surface area contributed by atoms with Gasteiger partial charge in [0.2, 0.25) is 0 Å². The van der Waals surface area contributed by atoms with Gasteiger partial charge < -0.3 is 15.1 Å². The van der Waals surface area contributed by atoms with Crippen LogP contribution in [0.4, 0.5) is 0 Å². The molecule has 2 N–H and O–H groups in total. The summed E-state index contributed by atoms with van der Waals surface area (Å²) in [6, 6.07) is 22.3. The zero-order valence-corrected chi connectivity index (χ0v) is 20.8. The lowest BCUT2D eigenvalue weighted by atomic mass is 10.1. The second kappa shape index (κ2) is 12.2. The van der Waals surface area contributed by atoms with Gasteiger partial charge in [-0.1, -0.05) is 54.2 Å². The van der Waals surface area contributed by atoms with Crippen LogP contribution in [0.1, 0.15) is 34.3 Å². The number of carbonyl (C=O) groups excluding carboxylic acids is 1. The molecule has 3 heterocycles. The lowest BCUT2D eigenvalue weighted by Gasteiger charge is -2.15. The van der Waals surface area contributed by atoms with Gasteiger partial charge in [-0.15, -0.1) is 0 Å². The summed E-state index contributed by atoms with van der Waals surface area (Å²) >= 11 is 1.70. The van der Waals surface area contributed by atoms with Crippen molar-refractivity contribution < 1.29 is 24.6 Å². The molecule has 5 rings (SSSR count). The van der Waals surface area contributed by atoms with Crippen LogP contribution in [0.3, 0.4) is 0 Å². The highest BCUT2D eigenvalue weighted by Gasteiger charge is 2.19. The number of fused-ring (bicyclic) bond motifs is 1. The highest BCUT2D eigenvalue weighted by Crippen LogP contribution is 2.27. The van der Waals surface area contributed by atoms with Crippen molar-refractivity contribution in [3.63, 3.8) is 0 Å². The molecule has 4 aromatic rings. The van der Waals surface area contributed by atoms with Crippen molar-refractivity contribution >= 4 is 40.8 Å². The quantitative estimate of drug-likeness (QED) is 0.288. The van der Waals surface area contributed by atoms with Gasteiger partial charge in [-0.2, -0.15) is 0 Å². The van der Waals surface area contributed by atoms with Crippen molar-refractivity contribution in [2.45, 2.75) is 30.3 Å². The predicted octanol–water partition coefficient (Wildman–Crippen LogP) is 4.16. The van der Waals surface area contributed by atoms with Crippen molar-refractivity contribution in [2.75, 3.05) is 13.1 Å². The van der Waals surface area contributed by atoms with Gasteiger partial charge in [0, 0.05) is 30.6 Å². The molecular formula is C27H26N4O5S. The minimum Gasteiger partial charge on any atom is -0.473 e. The van der Waals surface area contributed by atoms with Gasteiger partial charge in [-0.3, -0.25) is 9.36 Å². The first-order valence-electron chi connectivity index (χ1n) is 11.7. The van der Waals surface area contributed by atoms with Crippen LogP contribution in [-0.2, 0) is 21.9 Å². The first kappa shape index (κ1) is 25.9. The number of imidazole rings is 1. The Hall–Kier alpha value is -4.18. The molecule has 9 nitrogen and oxygen atoms in total. The van der Waals surface area contributed by atoms with E-state index in [0.29, 0.717) is 0 Å². The molecule has 1 fully saturated rings. The minimum absolute atomic E-state index is 0.146. The number of rotatable bonds is 6. The highest BCUT2D eigenvalue weighted by molar-refractivity contribution is 7.98. The normalized spacial score (nSPS) is 12.7. The SMILES string of the molecule is O=C(O)C(=O)O.O=C(c1ccc(CSc2nc3cccnc3n2Cc2ccccc2)cc1)N1CCCC1. The molecule has 1 aliphatic rings. The fourth-order valence-corrected chi connectivity index (χ4v) is 4.91. The summed E-state index contributed by atoms with van der Waals surface area (Å²) in [7, 11) is 0. The van der Waals surface area contributed by atoms with Gasteiger partial charge >= 0.3 is 11.9 Å². The molecule has 1 amide bonds. The van der Waals surface area contributed by atoms with Crippen LogP contribution in [0.2, 0.25) is 0 Å². The molecule has 1 aliphatic heterocycles. The molecule has 0 aliphatic carbocycles. The third-order valence-corrected chi connectivity index (χ3v) is 6.84. The topological polar surface area (TPSA) is 126 Å². The van der Waals surface area contributed by atoms with E-state index in [1.807, 2.05) is 41.4 Å². The summed E-state index contributed by atoms with van der Waals surface area (Å²) in [6.45, 7) is 2.49. The van der Waals surface area contributed by atoms with Crippen LogP contribution in [0.5, 0.6) is 0 Å². The van der Waals surface area contributed by atoms with E-state index >= 15 is 0 Å². The largest absolute Gasteiger partial charge is 0.473 e. The number of pyridine rings is 1. The second-order valence-corrected chi connectivity index (χ2v) is 9.35. The number of carboxylic acid groups (broad SMARTS) is 2. The highest BCUT2D eigenvalue weighted by atomic mass is 32.2. The van der Waals surface area contributed by atoms with E-state index in [1.165, 1.54) is 11.1 Å². The molecule has 0 unspecified atom stereocenters. The van der Waals surface area contributed by atoms with E-state index in [4.69, 9.17) is 24.8 Å². The Morgan fingerprint density at radius 2 is 1.51 bits per heavy atom. The molecule has 0 bridgehead atoms. The Morgan fingerprint density at radius 3 is 2.16 bits per heavy atom. The molecule has 0 saturated carbocycles. The minimum atomic E-state index is -1.82. The van der Waals surface area contributed by atoms with Crippen LogP contribution >= 0.6 is 11.8 Å². The molecule has 2 aromatic heterocycles. The first-order chi connectivity index (χ1) is 17.9. The maximum atomic E-state index is 12.6. The van der Waals surface area contributed by atoms with E-state index in [0.717, 1.165) is 60.1 Å². The standard InChI is InChI=1S/C25H24N4OS.C2H2O4/c30-24(28-15-4-5-16-28)21-12-10-20(11-13-21)18-31-25-27-22-9-6-14-26-23(22)29(25)17-19-7-2-1-3-8-19;3-1(4)2(5)6/h1-3,6-14H,4-5,15-18H2;(H,3,4)(H,5,6). The second-order valence-electron chi connectivity index (χ2n) is 8.41. The molecule has 1 saturated heterocycles. The van der Waals surface area contributed by atoms with E-state index in [-0.39, 0.29) is 5.91 Å². The molecular weight excluding hydrogens is 492 g/mol. The number of nitrogens with zero attached hydrogens (tertiary/aromatic N) is 4. The molecule has 0 spiro atoms. The summed E-state index contributed by atoms with van der Waals surface area (Å²) in [5.74, 6) is -2.71. The molecule has 0 atom stereocenters. The zero-order valence-electron chi connectivity index (χ0n) is 20.0. The summed E-state index contributed by atoms with van der Waals surface area (Å²) in [5.41, 5.74) is 4.98. The molecule has 37 heavy (non-hydrogen) atoms. The third-order valence-electron chi connectivity index (χ3n) is 5.80. The summed E-state index contributed by atoms with van der Waals surface area (Å²) < 4.78 is 2.18. The first-order valence-corrected chi connectivity index (χ1v) is 12.7. The van der Waals surface area contributed by atoms with E-state index < -0.39 is 11.9 Å². The van der Waals surface area contributed by atoms with Crippen molar-refractivity contribution in [3.05, 3.63) is 89.6 Å². The average molecular weight is 519 g/mol. The van der Waals surface area contributed by atoms with Crippen LogP contribution in [0.15, 0.2) is 78.1 Å². The lowest BCUT2D eigenvalue weighted by Crippen LogP contribution is -2.27. The van der Waals surface area contributed by atoms with Gasteiger partial charge in [0.1, 0.15) is 5.52 Å². The number of hydrogen-bond donors (Lipinski definition) is 2. The van der Waals surface area contributed by atoms with E-state index in [1.54, 1.807) is 11.8 Å². The van der Waals surface area contributed by atoms with Crippen molar-refractivity contribution in [1.29, 1.82) is 0 Å². The fourth-order valence-electron chi connectivity index (χ4n) is 3.95. The summed E-state index contributed by atoms with van der Waals surface area (Å²) in [5, 5.41) is 15.7. The zero-order chi connectivity index (χ0) is 26.2. The number of thioether (sulfide) groups is 1. The number of amides is 1. The number of carbonyl (C=O) groups is 3. The molecule has 190 valence electrons. The number of carboxylic acids is 2. The van der Waals surface area contributed by atoms with Gasteiger partial charge in [-0.05, 0) is 48.2 Å². The average Bonchev–Trinajstić information content (AvgIpc) is 3.57. The van der Waals surface area contributed by atoms with Crippen molar-refractivity contribution in [1.82, 2.24) is 19.4 Å². The maximum Gasteiger partial charge on any atom is 0.414 e. The van der Waals surface area contributed by atoms with Gasteiger partial charge in [0.05, 0.1) is 6.54 Å². The van der Waals surface area contributed by atoms with Crippen LogP contribution in [-0.4, -0.2) is 60.6 Å². The van der Waals surface area contributed by atoms with E-state index in [2.05, 4.69) is 45.9 Å². The molecule has 0 radical (unpaired) electrons. The summed E-state index contributed by atoms with van der Waals surface area (Å²) in [6.07, 6.45) is 4.04. The predicted molar refractivity (Wildman–Crippen MR) is 139 cm³/mol. The van der Waals surface area contributed by atoms with Gasteiger partial charge in [-0.25, -0.2) is 19.6 Å². The number of likely N-dealkylation sites (tertiary alicyclic amines) is 1. The van der Waals surface area contributed by atoms with E-state index in [9.17, 15) is 4.79 Å². The monoisotopic (exact) mass is 518 g/mol. The van der Waals surface area contributed by atoms with Crippen LogP contribution in [0, 0.1) is 0 Å². The lowest BCUT2D eigenvalue weighted by molar-refractivity contribution is -0.159. The maximum absolute atomic E-state index is 12.6. The van der Waals surface area contributed by atoms with Crippen molar-refractivity contribution in [2.24, 2.45) is 0 Å². The Bertz CT molecular complexity index is 1370. The smallest absolute Gasteiger partial charge is 0.414 e. The Kier molecular flexibility index (Phi) is 8.52. The molecule has 10 heteroatoms. The Morgan fingerprint density at radius 1 is 0.838 bits per heavy atom. The van der Waals surface area contributed by atoms with Crippen molar-refractivity contribution in [3.8, 4) is 0 Å². The van der Waals surface area contributed by atoms with Gasteiger partial charge in [0.15, 0.2) is 10.8 Å². The third kappa shape index (κ3) is 6.73.